The van der Waals surface area contributed by atoms with Gasteiger partial charge in [-0.25, -0.2) is 9.97 Å². The molecule has 0 saturated carbocycles. The molecule has 1 N–H and O–H groups in total. The van der Waals surface area contributed by atoms with Crippen LogP contribution in [0.15, 0.2) is 35.6 Å². The molecule has 8 heteroatoms. The van der Waals surface area contributed by atoms with Gasteiger partial charge in [0, 0.05) is 55.4 Å². The van der Waals surface area contributed by atoms with E-state index in [1.165, 1.54) is 9.75 Å². The number of halogens is 1. The molecular weight excluding hydrogens is 447 g/mol. The first-order valence-corrected chi connectivity index (χ1v) is 9.17. The predicted octanol–water partition coefficient (Wildman–Crippen LogP) is 2.62. The van der Waals surface area contributed by atoms with Gasteiger partial charge in [0.15, 0.2) is 5.96 Å². The van der Waals surface area contributed by atoms with Crippen LogP contribution in [-0.4, -0.2) is 54.1 Å². The van der Waals surface area contributed by atoms with Crippen molar-refractivity contribution in [2.45, 2.75) is 19.9 Å². The molecule has 0 bridgehead atoms. The SMILES string of the molecule is CCc1ccc(CNC(=NC)N2CCN(c3ncccn3)CC2)s1.I. The number of aryl methyl sites for hydroxylation is 1. The summed E-state index contributed by atoms with van der Waals surface area (Å²) in [4.78, 5) is 20.4. The van der Waals surface area contributed by atoms with Gasteiger partial charge in [-0.05, 0) is 24.6 Å². The first kappa shape index (κ1) is 19.9. The average Bonchev–Trinajstić information content (AvgIpc) is 3.12. The molecule has 0 radical (unpaired) electrons. The molecule has 2 aromatic heterocycles. The van der Waals surface area contributed by atoms with E-state index in [4.69, 9.17) is 0 Å². The highest BCUT2D eigenvalue weighted by Gasteiger charge is 2.21. The second-order valence-corrected chi connectivity index (χ2v) is 6.90. The number of aliphatic imine (C=N–C) groups is 1. The highest BCUT2D eigenvalue weighted by molar-refractivity contribution is 14.0. The van der Waals surface area contributed by atoms with Gasteiger partial charge < -0.3 is 15.1 Å². The minimum absolute atomic E-state index is 0. The maximum absolute atomic E-state index is 4.44. The lowest BCUT2D eigenvalue weighted by molar-refractivity contribution is 0.370. The average molecular weight is 472 g/mol. The van der Waals surface area contributed by atoms with Gasteiger partial charge in [-0.2, -0.15) is 0 Å². The number of guanidine groups is 1. The number of rotatable bonds is 4. The molecule has 6 nitrogen and oxygen atoms in total. The molecule has 25 heavy (non-hydrogen) atoms. The zero-order valence-corrected chi connectivity index (χ0v) is 17.8. The molecule has 0 amide bonds. The summed E-state index contributed by atoms with van der Waals surface area (Å²) in [5.74, 6) is 1.78. The highest BCUT2D eigenvalue weighted by Crippen LogP contribution is 2.17. The van der Waals surface area contributed by atoms with Crippen molar-refractivity contribution in [3.63, 3.8) is 0 Å². The van der Waals surface area contributed by atoms with E-state index < -0.39 is 0 Å². The molecule has 0 atom stereocenters. The van der Waals surface area contributed by atoms with E-state index in [9.17, 15) is 0 Å². The quantitative estimate of drug-likeness (QED) is 0.421. The normalized spacial score (nSPS) is 15.0. The van der Waals surface area contributed by atoms with Gasteiger partial charge in [0.25, 0.3) is 0 Å². The van der Waals surface area contributed by atoms with Gasteiger partial charge in [-0.3, -0.25) is 4.99 Å². The Kier molecular flexibility index (Phi) is 7.89. The molecule has 1 aliphatic rings. The van der Waals surface area contributed by atoms with E-state index >= 15 is 0 Å². The van der Waals surface area contributed by atoms with Crippen LogP contribution in [0.2, 0.25) is 0 Å². The van der Waals surface area contributed by atoms with E-state index in [1.807, 2.05) is 24.5 Å². The van der Waals surface area contributed by atoms with Crippen LogP contribution in [0.1, 0.15) is 16.7 Å². The van der Waals surface area contributed by atoms with E-state index in [0.717, 1.165) is 51.1 Å². The second kappa shape index (κ2) is 9.91. The number of thiophene rings is 1. The van der Waals surface area contributed by atoms with Crippen LogP contribution < -0.4 is 10.2 Å². The Labute approximate surface area is 170 Å². The van der Waals surface area contributed by atoms with Crippen LogP contribution in [0.5, 0.6) is 0 Å². The molecular formula is C17H25IN6S. The molecule has 1 saturated heterocycles. The third kappa shape index (κ3) is 5.27. The fourth-order valence-electron chi connectivity index (χ4n) is 2.78. The monoisotopic (exact) mass is 472 g/mol. The Bertz CT molecular complexity index is 667. The molecule has 1 fully saturated rings. The van der Waals surface area contributed by atoms with E-state index in [1.54, 1.807) is 12.4 Å². The molecule has 3 rings (SSSR count). The van der Waals surface area contributed by atoms with Gasteiger partial charge in [0.2, 0.25) is 5.95 Å². The summed E-state index contributed by atoms with van der Waals surface area (Å²) in [6, 6.07) is 6.26. The van der Waals surface area contributed by atoms with Crippen molar-refractivity contribution >= 4 is 47.2 Å². The lowest BCUT2D eigenvalue weighted by atomic mass is 10.3. The first-order valence-electron chi connectivity index (χ1n) is 8.35. The van der Waals surface area contributed by atoms with Crippen molar-refractivity contribution in [1.82, 2.24) is 20.2 Å². The van der Waals surface area contributed by atoms with Crippen LogP contribution in [0, 0.1) is 0 Å². The Morgan fingerprint density at radius 1 is 1.16 bits per heavy atom. The molecule has 136 valence electrons. The summed E-state index contributed by atoms with van der Waals surface area (Å²) in [6.07, 6.45) is 4.68. The van der Waals surface area contributed by atoms with E-state index in [0.29, 0.717) is 0 Å². The van der Waals surface area contributed by atoms with Gasteiger partial charge in [0.1, 0.15) is 0 Å². The van der Waals surface area contributed by atoms with Gasteiger partial charge in [-0.1, -0.05) is 6.92 Å². The molecule has 0 spiro atoms. The van der Waals surface area contributed by atoms with Crippen molar-refractivity contribution < 1.29 is 0 Å². The van der Waals surface area contributed by atoms with E-state index in [-0.39, 0.29) is 24.0 Å². The van der Waals surface area contributed by atoms with Crippen LogP contribution in [0.25, 0.3) is 0 Å². The van der Waals surface area contributed by atoms with Crippen molar-refractivity contribution in [3.05, 3.63) is 40.3 Å². The number of aromatic nitrogens is 2. The fraction of sp³-hybridized carbons (Fsp3) is 0.471. The zero-order chi connectivity index (χ0) is 16.8. The lowest BCUT2D eigenvalue weighted by Crippen LogP contribution is -2.52. The van der Waals surface area contributed by atoms with Crippen LogP contribution in [0.4, 0.5) is 5.95 Å². The maximum atomic E-state index is 4.44. The number of nitrogens with zero attached hydrogens (tertiary/aromatic N) is 5. The summed E-state index contributed by atoms with van der Waals surface area (Å²) in [5, 5.41) is 3.48. The van der Waals surface area contributed by atoms with Crippen molar-refractivity contribution in [1.29, 1.82) is 0 Å². The third-order valence-corrected chi connectivity index (χ3v) is 5.34. The maximum Gasteiger partial charge on any atom is 0.225 e. The van der Waals surface area contributed by atoms with Crippen LogP contribution >= 0.6 is 35.3 Å². The standard InChI is InChI=1S/C17H24N6S.HI/c1-3-14-5-6-15(24-14)13-21-16(18-2)22-9-11-23(12-10-22)17-19-7-4-8-20-17;/h4-8H,3,9-13H2,1-2H3,(H,18,21);1H. The molecule has 0 unspecified atom stereocenters. The molecule has 0 aromatic carbocycles. The van der Waals surface area contributed by atoms with Crippen molar-refractivity contribution in [3.8, 4) is 0 Å². The van der Waals surface area contributed by atoms with Gasteiger partial charge in [0.05, 0.1) is 6.54 Å². The van der Waals surface area contributed by atoms with Crippen LogP contribution in [-0.2, 0) is 13.0 Å². The highest BCUT2D eigenvalue weighted by atomic mass is 127. The van der Waals surface area contributed by atoms with E-state index in [2.05, 4.69) is 49.1 Å². The Morgan fingerprint density at radius 2 is 1.84 bits per heavy atom. The van der Waals surface area contributed by atoms with Crippen molar-refractivity contribution in [2.24, 2.45) is 4.99 Å². The Morgan fingerprint density at radius 3 is 2.44 bits per heavy atom. The molecule has 0 aliphatic carbocycles. The smallest absolute Gasteiger partial charge is 0.225 e. The second-order valence-electron chi connectivity index (χ2n) is 5.65. The summed E-state index contributed by atoms with van der Waals surface area (Å²) >= 11 is 1.87. The fourth-order valence-corrected chi connectivity index (χ4v) is 3.68. The molecule has 1 aliphatic heterocycles. The summed E-state index contributed by atoms with van der Waals surface area (Å²) < 4.78 is 0. The molecule has 2 aromatic rings. The predicted molar refractivity (Wildman–Crippen MR) is 115 cm³/mol. The summed E-state index contributed by atoms with van der Waals surface area (Å²) in [5.41, 5.74) is 0. The number of piperazine rings is 1. The summed E-state index contributed by atoms with van der Waals surface area (Å²) in [6.45, 7) is 6.68. The van der Waals surface area contributed by atoms with Gasteiger partial charge in [-0.15, -0.1) is 35.3 Å². The minimum Gasteiger partial charge on any atom is -0.351 e. The topological polar surface area (TPSA) is 56.7 Å². The lowest BCUT2D eigenvalue weighted by Gasteiger charge is -2.36. The Balaban J connectivity index is 0.00000225. The Hall–Kier alpha value is -1.42. The third-order valence-electron chi connectivity index (χ3n) is 4.11. The van der Waals surface area contributed by atoms with Crippen LogP contribution in [0.3, 0.4) is 0 Å². The summed E-state index contributed by atoms with van der Waals surface area (Å²) in [7, 11) is 1.85. The van der Waals surface area contributed by atoms with Crippen molar-refractivity contribution in [2.75, 3.05) is 38.1 Å². The first-order chi connectivity index (χ1) is 11.8. The minimum atomic E-state index is 0. The number of nitrogens with one attached hydrogen (secondary N) is 1. The largest absolute Gasteiger partial charge is 0.351 e. The van der Waals surface area contributed by atoms with Gasteiger partial charge >= 0.3 is 0 Å². The molecule has 3 heterocycles. The number of hydrogen-bond donors (Lipinski definition) is 1. The number of anilines is 1. The number of hydrogen-bond acceptors (Lipinski definition) is 5. The zero-order valence-electron chi connectivity index (χ0n) is 14.7.